The minimum Gasteiger partial charge on any atom is -0.486 e. The average Bonchev–Trinajstić information content (AvgIpc) is 2.56. The molecule has 17 heavy (non-hydrogen) atoms. The quantitative estimate of drug-likeness (QED) is 0.726. The number of ether oxygens (including phenoxy) is 1. The van der Waals surface area contributed by atoms with Crippen LogP contribution in [0, 0.1) is 0 Å². The van der Waals surface area contributed by atoms with Crippen LogP contribution in [0.25, 0.3) is 0 Å². The van der Waals surface area contributed by atoms with Crippen molar-refractivity contribution < 1.29 is 14.9 Å². The van der Waals surface area contributed by atoms with Gasteiger partial charge in [-0.1, -0.05) is 18.2 Å². The van der Waals surface area contributed by atoms with Crippen LogP contribution >= 0.6 is 0 Å². The van der Waals surface area contributed by atoms with E-state index in [1.165, 1.54) is 0 Å². The molecule has 1 heterocycles. The molecule has 2 rings (SSSR count). The average molecular weight is 237 g/mol. The highest BCUT2D eigenvalue weighted by molar-refractivity contribution is 5.42. The van der Waals surface area contributed by atoms with E-state index < -0.39 is 6.10 Å². The fourth-order valence-electron chi connectivity index (χ4n) is 2.20. The summed E-state index contributed by atoms with van der Waals surface area (Å²) in [5.74, 6) is 0.883. The second-order valence-corrected chi connectivity index (χ2v) is 4.92. The van der Waals surface area contributed by atoms with Crippen LogP contribution in [0.1, 0.15) is 25.5 Å². The van der Waals surface area contributed by atoms with Crippen molar-refractivity contribution in [2.75, 3.05) is 13.2 Å². The molecule has 1 aromatic carbocycles. The molecular formula is C13H19NO3. The molecule has 0 saturated heterocycles. The van der Waals surface area contributed by atoms with Crippen LogP contribution in [-0.4, -0.2) is 35.1 Å². The molecule has 0 saturated carbocycles. The molecule has 1 aliphatic rings. The standard InChI is InChI=1S/C13H19NO3/c1-13(2)12(14-7-9(16)8-15)10-5-3-4-6-11(10)17-13/h3-6,9,12,14-16H,7-8H2,1-2H3. The Balaban J connectivity index is 2.14. The number of para-hydroxylation sites is 1. The Morgan fingerprint density at radius 1 is 1.41 bits per heavy atom. The zero-order valence-electron chi connectivity index (χ0n) is 10.2. The van der Waals surface area contributed by atoms with Gasteiger partial charge in [-0.2, -0.15) is 0 Å². The van der Waals surface area contributed by atoms with E-state index in [0.717, 1.165) is 11.3 Å². The molecule has 4 nitrogen and oxygen atoms in total. The second-order valence-electron chi connectivity index (χ2n) is 4.92. The first-order valence-electron chi connectivity index (χ1n) is 5.85. The third-order valence-electron chi connectivity index (χ3n) is 3.07. The smallest absolute Gasteiger partial charge is 0.125 e. The number of fused-ring (bicyclic) bond motifs is 1. The van der Waals surface area contributed by atoms with Crippen molar-refractivity contribution in [1.82, 2.24) is 5.32 Å². The lowest BCUT2D eigenvalue weighted by Crippen LogP contribution is -2.42. The van der Waals surface area contributed by atoms with Crippen molar-refractivity contribution in [3.05, 3.63) is 29.8 Å². The zero-order valence-corrected chi connectivity index (χ0v) is 10.2. The van der Waals surface area contributed by atoms with E-state index >= 15 is 0 Å². The summed E-state index contributed by atoms with van der Waals surface area (Å²) in [6, 6.07) is 7.91. The first-order chi connectivity index (χ1) is 8.04. The fraction of sp³-hybridized carbons (Fsp3) is 0.538. The lowest BCUT2D eigenvalue weighted by Gasteiger charge is -2.28. The van der Waals surface area contributed by atoms with Crippen molar-refractivity contribution >= 4 is 0 Å². The number of hydrogen-bond acceptors (Lipinski definition) is 4. The molecular weight excluding hydrogens is 218 g/mol. The lowest BCUT2D eigenvalue weighted by molar-refractivity contribution is 0.0668. The maximum atomic E-state index is 9.38. The molecule has 0 fully saturated rings. The molecule has 1 aromatic rings. The Labute approximate surface area is 101 Å². The largest absolute Gasteiger partial charge is 0.486 e. The highest BCUT2D eigenvalue weighted by atomic mass is 16.5. The molecule has 0 amide bonds. The molecule has 0 bridgehead atoms. The minimum atomic E-state index is -0.737. The van der Waals surface area contributed by atoms with Crippen molar-refractivity contribution in [3.63, 3.8) is 0 Å². The molecule has 1 aliphatic heterocycles. The van der Waals surface area contributed by atoms with E-state index in [0.29, 0.717) is 6.54 Å². The van der Waals surface area contributed by atoms with Gasteiger partial charge in [0, 0.05) is 12.1 Å². The van der Waals surface area contributed by atoms with E-state index in [-0.39, 0.29) is 18.2 Å². The molecule has 4 heteroatoms. The van der Waals surface area contributed by atoms with Gasteiger partial charge < -0.3 is 20.3 Å². The number of aliphatic hydroxyl groups is 2. The van der Waals surface area contributed by atoms with Gasteiger partial charge in [0.05, 0.1) is 18.8 Å². The zero-order chi connectivity index (χ0) is 12.5. The molecule has 0 spiro atoms. The highest BCUT2D eigenvalue weighted by Crippen LogP contribution is 2.42. The van der Waals surface area contributed by atoms with Gasteiger partial charge >= 0.3 is 0 Å². The normalized spacial score (nSPS) is 22.9. The number of rotatable bonds is 4. The van der Waals surface area contributed by atoms with Gasteiger partial charge in [-0.25, -0.2) is 0 Å². The first-order valence-corrected chi connectivity index (χ1v) is 5.85. The monoisotopic (exact) mass is 237 g/mol. The minimum absolute atomic E-state index is 0.0277. The summed E-state index contributed by atoms with van der Waals surface area (Å²) in [7, 11) is 0. The summed E-state index contributed by atoms with van der Waals surface area (Å²) in [4.78, 5) is 0. The second kappa shape index (κ2) is 4.64. The van der Waals surface area contributed by atoms with Crippen LogP contribution in [0.2, 0.25) is 0 Å². The first kappa shape index (κ1) is 12.4. The molecule has 0 aliphatic carbocycles. The topological polar surface area (TPSA) is 61.7 Å². The van der Waals surface area contributed by atoms with Crippen molar-refractivity contribution in [3.8, 4) is 5.75 Å². The fourth-order valence-corrected chi connectivity index (χ4v) is 2.20. The molecule has 94 valence electrons. The maximum Gasteiger partial charge on any atom is 0.125 e. The number of aliphatic hydroxyl groups excluding tert-OH is 2. The van der Waals surface area contributed by atoms with Crippen LogP contribution in [0.4, 0.5) is 0 Å². The molecule has 2 unspecified atom stereocenters. The number of benzene rings is 1. The predicted molar refractivity (Wildman–Crippen MR) is 65.0 cm³/mol. The Hall–Kier alpha value is -1.10. The van der Waals surface area contributed by atoms with Crippen molar-refractivity contribution in [1.29, 1.82) is 0 Å². The number of nitrogens with one attached hydrogen (secondary N) is 1. The Morgan fingerprint density at radius 3 is 2.82 bits per heavy atom. The third kappa shape index (κ3) is 2.44. The van der Waals surface area contributed by atoms with Gasteiger partial charge in [0.2, 0.25) is 0 Å². The van der Waals surface area contributed by atoms with Gasteiger partial charge in [-0.3, -0.25) is 0 Å². The van der Waals surface area contributed by atoms with Crippen molar-refractivity contribution in [2.24, 2.45) is 0 Å². The van der Waals surface area contributed by atoms with E-state index in [9.17, 15) is 5.11 Å². The van der Waals surface area contributed by atoms with Gasteiger partial charge in [-0.05, 0) is 19.9 Å². The Bertz CT molecular complexity index is 392. The third-order valence-corrected chi connectivity index (χ3v) is 3.07. The van der Waals surface area contributed by atoms with Crippen LogP contribution in [0.15, 0.2) is 24.3 Å². The summed E-state index contributed by atoms with van der Waals surface area (Å²) in [5, 5.41) is 21.4. The number of hydrogen-bond donors (Lipinski definition) is 3. The highest BCUT2D eigenvalue weighted by Gasteiger charge is 2.40. The Morgan fingerprint density at radius 2 is 2.12 bits per heavy atom. The van der Waals surface area contributed by atoms with Crippen molar-refractivity contribution in [2.45, 2.75) is 31.6 Å². The van der Waals surface area contributed by atoms with Gasteiger partial charge in [0.15, 0.2) is 0 Å². The lowest BCUT2D eigenvalue weighted by atomic mass is 9.94. The van der Waals surface area contributed by atoms with Crippen LogP contribution in [0.5, 0.6) is 5.75 Å². The van der Waals surface area contributed by atoms with Gasteiger partial charge in [0.25, 0.3) is 0 Å². The summed E-state index contributed by atoms with van der Waals surface area (Å²) in [6.07, 6.45) is -0.737. The van der Waals surface area contributed by atoms with Gasteiger partial charge in [0.1, 0.15) is 11.4 Å². The van der Waals surface area contributed by atoms with Gasteiger partial charge in [-0.15, -0.1) is 0 Å². The Kier molecular flexibility index (Phi) is 3.38. The summed E-state index contributed by atoms with van der Waals surface area (Å²) >= 11 is 0. The predicted octanol–water partition coefficient (Wildman–Crippen LogP) is 0.841. The van der Waals surface area contributed by atoms with Crippen LogP contribution < -0.4 is 10.1 Å². The summed E-state index contributed by atoms with van der Waals surface area (Å²) in [5.41, 5.74) is 0.751. The van der Waals surface area contributed by atoms with E-state index in [4.69, 9.17) is 9.84 Å². The van der Waals surface area contributed by atoms with Crippen LogP contribution in [-0.2, 0) is 0 Å². The molecule has 2 atom stereocenters. The van der Waals surface area contributed by atoms with E-state index in [2.05, 4.69) is 5.32 Å². The van der Waals surface area contributed by atoms with E-state index in [1.807, 2.05) is 38.1 Å². The maximum absolute atomic E-state index is 9.38. The molecule has 3 N–H and O–H groups in total. The van der Waals surface area contributed by atoms with Crippen LogP contribution in [0.3, 0.4) is 0 Å². The SMILES string of the molecule is CC1(C)Oc2ccccc2C1NCC(O)CO. The summed E-state index contributed by atoms with van der Waals surface area (Å²) in [6.45, 7) is 4.14. The van der Waals surface area contributed by atoms with E-state index in [1.54, 1.807) is 0 Å². The molecule has 0 radical (unpaired) electrons. The molecule has 0 aromatic heterocycles. The summed E-state index contributed by atoms with van der Waals surface area (Å²) < 4.78 is 5.87.